The molecule has 0 aliphatic heterocycles. The van der Waals surface area contributed by atoms with Crippen LogP contribution in [0.25, 0.3) is 10.8 Å². The highest BCUT2D eigenvalue weighted by atomic mass is 32.2. The van der Waals surface area contributed by atoms with Crippen molar-refractivity contribution < 1.29 is 22.7 Å². The quantitative estimate of drug-likeness (QED) is 0.627. The maximum absolute atomic E-state index is 12.5. The Bertz CT molecular complexity index is 1240. The summed E-state index contributed by atoms with van der Waals surface area (Å²) in [4.78, 5) is 24.5. The molecule has 8 heteroatoms. The molecule has 1 amide bonds. The van der Waals surface area contributed by atoms with Crippen molar-refractivity contribution in [2.45, 2.75) is 17.7 Å². The summed E-state index contributed by atoms with van der Waals surface area (Å²) in [5.74, 6) is -1.18. The molecule has 0 unspecified atom stereocenters. The summed E-state index contributed by atoms with van der Waals surface area (Å²) in [6, 6.07) is 15.0. The Morgan fingerprint density at radius 3 is 2.48 bits per heavy atom. The second-order valence-corrected chi connectivity index (χ2v) is 8.37. The van der Waals surface area contributed by atoms with E-state index in [1.807, 2.05) is 18.2 Å². The van der Waals surface area contributed by atoms with E-state index >= 15 is 0 Å². The van der Waals surface area contributed by atoms with Crippen molar-refractivity contribution in [3.8, 4) is 0 Å². The molecule has 1 aliphatic carbocycles. The van der Waals surface area contributed by atoms with Gasteiger partial charge in [0, 0.05) is 5.69 Å². The number of aryl methyl sites for hydroxylation is 2. The smallest absolute Gasteiger partial charge is 0.339 e. The van der Waals surface area contributed by atoms with Crippen molar-refractivity contribution in [3.63, 3.8) is 0 Å². The van der Waals surface area contributed by atoms with E-state index in [2.05, 4.69) is 11.4 Å². The first-order chi connectivity index (χ1) is 13.8. The van der Waals surface area contributed by atoms with E-state index in [1.54, 1.807) is 6.07 Å². The van der Waals surface area contributed by atoms with Crippen LogP contribution in [0.5, 0.6) is 0 Å². The van der Waals surface area contributed by atoms with Gasteiger partial charge in [0.15, 0.2) is 6.61 Å². The van der Waals surface area contributed by atoms with E-state index in [9.17, 15) is 18.0 Å². The van der Waals surface area contributed by atoms with Gasteiger partial charge in [-0.05, 0) is 59.0 Å². The summed E-state index contributed by atoms with van der Waals surface area (Å²) in [6.07, 6.45) is 1.90. The first kappa shape index (κ1) is 19.1. The van der Waals surface area contributed by atoms with Crippen molar-refractivity contribution in [1.29, 1.82) is 0 Å². The van der Waals surface area contributed by atoms with Crippen LogP contribution in [0.1, 0.15) is 21.5 Å². The number of carbonyl (C=O) groups excluding carboxylic acids is 2. The average molecular weight is 410 g/mol. The van der Waals surface area contributed by atoms with Crippen molar-refractivity contribution >= 4 is 38.4 Å². The van der Waals surface area contributed by atoms with E-state index in [4.69, 9.17) is 9.88 Å². The van der Waals surface area contributed by atoms with Crippen LogP contribution in [0.4, 0.5) is 5.69 Å². The number of nitrogens with one attached hydrogen (secondary N) is 1. The Kier molecular flexibility index (Phi) is 4.81. The van der Waals surface area contributed by atoms with E-state index in [1.165, 1.54) is 35.4 Å². The number of sulfonamides is 1. The topological polar surface area (TPSA) is 116 Å². The molecule has 1 aliphatic rings. The van der Waals surface area contributed by atoms with E-state index in [0.717, 1.165) is 23.6 Å². The molecule has 0 aromatic heterocycles. The number of hydrogen-bond acceptors (Lipinski definition) is 5. The van der Waals surface area contributed by atoms with Gasteiger partial charge in [-0.2, -0.15) is 0 Å². The zero-order valence-electron chi connectivity index (χ0n) is 15.3. The molecule has 0 bridgehead atoms. The third kappa shape index (κ3) is 3.85. The monoisotopic (exact) mass is 410 g/mol. The lowest BCUT2D eigenvalue weighted by Gasteiger charge is -2.10. The molecule has 0 radical (unpaired) electrons. The number of primary sulfonamides is 1. The van der Waals surface area contributed by atoms with Gasteiger partial charge < -0.3 is 10.1 Å². The molecule has 4 rings (SSSR count). The van der Waals surface area contributed by atoms with Gasteiger partial charge in [0.25, 0.3) is 5.91 Å². The molecule has 0 heterocycles. The lowest BCUT2D eigenvalue weighted by molar-refractivity contribution is -0.119. The molecule has 3 aromatic carbocycles. The number of hydrogen-bond donors (Lipinski definition) is 2. The molecular weight excluding hydrogens is 392 g/mol. The minimum Gasteiger partial charge on any atom is -0.452 e. The summed E-state index contributed by atoms with van der Waals surface area (Å²) in [5.41, 5.74) is 3.07. The largest absolute Gasteiger partial charge is 0.452 e. The second kappa shape index (κ2) is 7.31. The summed E-state index contributed by atoms with van der Waals surface area (Å²) in [5, 5.41) is 9.48. The Labute approximate surface area is 167 Å². The Hall–Kier alpha value is -3.23. The summed E-state index contributed by atoms with van der Waals surface area (Å²) < 4.78 is 28.0. The summed E-state index contributed by atoms with van der Waals surface area (Å²) in [6.45, 7) is -0.499. The van der Waals surface area contributed by atoms with Crippen LogP contribution in [0, 0.1) is 0 Å². The standard InChI is InChI=1S/C21H18N2O5S/c22-29(26,27)16-5-2-4-15(11-16)23-19(24)12-28-21(25)18-10-9-14-8-7-13-3-1-6-17(18)20(13)14/h1-6,9-11H,7-8,12H2,(H,23,24)(H2,22,26,27). The molecular formula is C21H18N2O5S. The van der Waals surface area contributed by atoms with Gasteiger partial charge in [-0.25, -0.2) is 18.4 Å². The van der Waals surface area contributed by atoms with Crippen LogP contribution in [-0.4, -0.2) is 26.9 Å². The van der Waals surface area contributed by atoms with Crippen LogP contribution in [-0.2, 0) is 32.4 Å². The number of esters is 1. The normalized spacial score (nSPS) is 12.7. The maximum Gasteiger partial charge on any atom is 0.339 e. The molecule has 3 aromatic rings. The van der Waals surface area contributed by atoms with Crippen molar-refractivity contribution in [2.75, 3.05) is 11.9 Å². The fourth-order valence-electron chi connectivity index (χ4n) is 3.58. The molecule has 0 spiro atoms. The minimum atomic E-state index is -3.88. The molecule has 3 N–H and O–H groups in total. The van der Waals surface area contributed by atoms with Gasteiger partial charge >= 0.3 is 5.97 Å². The van der Waals surface area contributed by atoms with Gasteiger partial charge in [0.05, 0.1) is 10.5 Å². The Morgan fingerprint density at radius 2 is 1.72 bits per heavy atom. The van der Waals surface area contributed by atoms with Crippen molar-refractivity contribution in [1.82, 2.24) is 0 Å². The molecule has 0 saturated carbocycles. The average Bonchev–Trinajstić information content (AvgIpc) is 3.11. The van der Waals surface area contributed by atoms with Gasteiger partial charge in [-0.3, -0.25) is 4.79 Å². The molecule has 0 atom stereocenters. The highest BCUT2D eigenvalue weighted by Crippen LogP contribution is 2.33. The number of amides is 1. The predicted octanol–water partition coefficient (Wildman–Crippen LogP) is 2.38. The van der Waals surface area contributed by atoms with Crippen LogP contribution in [0.2, 0.25) is 0 Å². The number of nitrogens with two attached hydrogens (primary N) is 1. The highest BCUT2D eigenvalue weighted by molar-refractivity contribution is 7.89. The summed E-state index contributed by atoms with van der Waals surface area (Å²) in [7, 11) is -3.88. The first-order valence-electron chi connectivity index (χ1n) is 8.96. The molecule has 0 saturated heterocycles. The number of rotatable bonds is 5. The minimum absolute atomic E-state index is 0.125. The Balaban J connectivity index is 1.46. The third-order valence-electron chi connectivity index (χ3n) is 4.88. The fourth-order valence-corrected chi connectivity index (χ4v) is 4.14. The fraction of sp³-hybridized carbons (Fsp3) is 0.143. The zero-order valence-corrected chi connectivity index (χ0v) is 16.2. The molecule has 7 nitrogen and oxygen atoms in total. The van der Waals surface area contributed by atoms with Crippen LogP contribution >= 0.6 is 0 Å². The van der Waals surface area contributed by atoms with Crippen LogP contribution < -0.4 is 10.5 Å². The molecule has 148 valence electrons. The number of carbonyl (C=O) groups is 2. The third-order valence-corrected chi connectivity index (χ3v) is 5.79. The van der Waals surface area contributed by atoms with Gasteiger partial charge in [0.1, 0.15) is 0 Å². The maximum atomic E-state index is 12.5. The van der Waals surface area contributed by atoms with Gasteiger partial charge in [-0.15, -0.1) is 0 Å². The van der Waals surface area contributed by atoms with E-state index in [0.29, 0.717) is 5.56 Å². The molecule has 29 heavy (non-hydrogen) atoms. The zero-order chi connectivity index (χ0) is 20.6. The van der Waals surface area contributed by atoms with E-state index < -0.39 is 28.5 Å². The van der Waals surface area contributed by atoms with Gasteiger partial charge in [-0.1, -0.05) is 30.3 Å². The lowest BCUT2D eigenvalue weighted by Crippen LogP contribution is -2.21. The molecule has 0 fully saturated rings. The first-order valence-corrected chi connectivity index (χ1v) is 10.5. The van der Waals surface area contributed by atoms with Crippen molar-refractivity contribution in [2.24, 2.45) is 5.14 Å². The van der Waals surface area contributed by atoms with Crippen LogP contribution in [0.15, 0.2) is 59.5 Å². The van der Waals surface area contributed by atoms with Crippen LogP contribution in [0.3, 0.4) is 0 Å². The predicted molar refractivity (Wildman–Crippen MR) is 108 cm³/mol. The van der Waals surface area contributed by atoms with E-state index in [-0.39, 0.29) is 10.6 Å². The number of benzene rings is 3. The number of ether oxygens (including phenoxy) is 1. The second-order valence-electron chi connectivity index (χ2n) is 6.81. The summed E-state index contributed by atoms with van der Waals surface area (Å²) >= 11 is 0. The van der Waals surface area contributed by atoms with Gasteiger partial charge in [0.2, 0.25) is 10.0 Å². The van der Waals surface area contributed by atoms with Crippen molar-refractivity contribution in [3.05, 3.63) is 71.3 Å². The SMILES string of the molecule is NS(=O)(=O)c1cccc(NC(=O)COC(=O)c2ccc3c4c(cccc24)CC3)c1. The highest BCUT2D eigenvalue weighted by Gasteiger charge is 2.20. The Morgan fingerprint density at radius 1 is 1.00 bits per heavy atom. The lowest BCUT2D eigenvalue weighted by atomic mass is 10.00. The number of anilines is 1.